The van der Waals surface area contributed by atoms with E-state index in [4.69, 9.17) is 10.5 Å². The van der Waals surface area contributed by atoms with Gasteiger partial charge in [0.15, 0.2) is 0 Å². The maximum Gasteiger partial charge on any atom is 0.229 e. The van der Waals surface area contributed by atoms with Crippen LogP contribution in [0.4, 0.5) is 5.69 Å². The number of aliphatic hydroxyl groups is 1. The van der Waals surface area contributed by atoms with Gasteiger partial charge in [-0.2, -0.15) is 0 Å². The smallest absolute Gasteiger partial charge is 0.229 e. The highest BCUT2D eigenvalue weighted by molar-refractivity contribution is 5.96. The van der Waals surface area contributed by atoms with E-state index in [1.807, 2.05) is 32.0 Å². The van der Waals surface area contributed by atoms with Gasteiger partial charge in [-0.05, 0) is 37.1 Å². The van der Waals surface area contributed by atoms with E-state index in [0.29, 0.717) is 31.9 Å². The van der Waals surface area contributed by atoms with Crippen LogP contribution < -0.4 is 15.4 Å². The molecule has 1 unspecified atom stereocenters. The number of hydrogen-bond acceptors (Lipinski definition) is 4. The summed E-state index contributed by atoms with van der Waals surface area (Å²) < 4.78 is 5.60. The van der Waals surface area contributed by atoms with Crippen molar-refractivity contribution in [2.24, 2.45) is 11.7 Å². The molecule has 5 heteroatoms. The lowest BCUT2D eigenvalue weighted by Crippen LogP contribution is -2.40. The van der Waals surface area contributed by atoms with Crippen molar-refractivity contribution in [2.45, 2.75) is 32.8 Å². The summed E-state index contributed by atoms with van der Waals surface area (Å²) in [5, 5.41) is 10.2. The minimum atomic E-state index is -0.559. The molecule has 1 aromatic rings. The van der Waals surface area contributed by atoms with E-state index in [0.717, 1.165) is 17.7 Å². The zero-order valence-corrected chi connectivity index (χ0v) is 12.7. The van der Waals surface area contributed by atoms with Crippen molar-refractivity contribution < 1.29 is 14.6 Å². The molecule has 21 heavy (non-hydrogen) atoms. The van der Waals surface area contributed by atoms with Crippen LogP contribution in [0, 0.1) is 5.92 Å². The van der Waals surface area contributed by atoms with Gasteiger partial charge in [-0.1, -0.05) is 19.9 Å². The van der Waals surface area contributed by atoms with Gasteiger partial charge in [0, 0.05) is 5.92 Å². The van der Waals surface area contributed by atoms with Crippen molar-refractivity contribution in [3.05, 3.63) is 23.8 Å². The number of carbonyl (C=O) groups excluding carboxylic acids is 1. The molecule has 1 aliphatic heterocycles. The van der Waals surface area contributed by atoms with Gasteiger partial charge in [0.1, 0.15) is 12.4 Å². The average Bonchev–Trinajstić information content (AvgIpc) is 2.50. The van der Waals surface area contributed by atoms with Gasteiger partial charge in [-0.15, -0.1) is 0 Å². The van der Waals surface area contributed by atoms with Gasteiger partial charge in [0.25, 0.3) is 0 Å². The molecule has 2 rings (SSSR count). The number of anilines is 1. The Morgan fingerprint density at radius 1 is 1.48 bits per heavy atom. The Bertz CT molecular complexity index is 502. The lowest BCUT2D eigenvalue weighted by molar-refractivity contribution is -0.121. The minimum Gasteiger partial charge on any atom is -0.490 e. The first kappa shape index (κ1) is 15.8. The molecular weight excluding hydrogens is 268 g/mol. The fourth-order valence-electron chi connectivity index (χ4n) is 2.46. The van der Waals surface area contributed by atoms with Crippen LogP contribution in [0.25, 0.3) is 0 Å². The second kappa shape index (κ2) is 6.91. The normalized spacial score (nSPS) is 15.6. The summed E-state index contributed by atoms with van der Waals surface area (Å²) >= 11 is 0. The summed E-state index contributed by atoms with van der Waals surface area (Å²) in [6.45, 7) is 5.38. The van der Waals surface area contributed by atoms with Crippen LogP contribution in [-0.4, -0.2) is 30.7 Å². The van der Waals surface area contributed by atoms with Crippen molar-refractivity contribution in [3.8, 4) is 5.75 Å². The quantitative estimate of drug-likeness (QED) is 0.868. The number of carbonyl (C=O) groups is 1. The summed E-state index contributed by atoms with van der Waals surface area (Å²) in [6.07, 6.45) is 0.828. The van der Waals surface area contributed by atoms with Crippen LogP contribution in [0.3, 0.4) is 0 Å². The van der Waals surface area contributed by atoms with Crippen LogP contribution in [0.1, 0.15) is 38.4 Å². The van der Waals surface area contributed by atoms with Crippen molar-refractivity contribution in [1.82, 2.24) is 0 Å². The van der Waals surface area contributed by atoms with Crippen LogP contribution >= 0.6 is 0 Å². The largest absolute Gasteiger partial charge is 0.490 e. The van der Waals surface area contributed by atoms with Gasteiger partial charge in [0.05, 0.1) is 18.3 Å². The first-order valence-electron chi connectivity index (χ1n) is 7.51. The second-order valence-corrected chi connectivity index (χ2v) is 5.67. The summed E-state index contributed by atoms with van der Waals surface area (Å²) in [5.74, 6) is 0.708. The second-order valence-electron chi connectivity index (χ2n) is 5.67. The molecule has 116 valence electrons. The Hall–Kier alpha value is -1.59. The molecular formula is C16H24N2O3. The highest BCUT2D eigenvalue weighted by Crippen LogP contribution is 2.35. The average molecular weight is 292 g/mol. The standard InChI is InChI=1S/C16H24N2O3/c1-11(2)16(20)18-8-9-21-15-6-5-12(10-13(15)18)14(19)4-3-7-17/h5-6,10-11,14,19H,3-4,7-9,17H2,1-2H3. The monoisotopic (exact) mass is 292 g/mol. The SMILES string of the molecule is CC(C)C(=O)N1CCOc2ccc(C(O)CCCN)cc21. The molecule has 1 atom stereocenters. The summed E-state index contributed by atoms with van der Waals surface area (Å²) in [5.41, 5.74) is 7.03. The van der Waals surface area contributed by atoms with E-state index < -0.39 is 6.10 Å². The van der Waals surface area contributed by atoms with Gasteiger partial charge in [0.2, 0.25) is 5.91 Å². The third kappa shape index (κ3) is 3.54. The molecule has 0 saturated heterocycles. The van der Waals surface area contributed by atoms with E-state index in [-0.39, 0.29) is 11.8 Å². The molecule has 0 spiro atoms. The number of ether oxygens (including phenoxy) is 1. The Balaban J connectivity index is 2.27. The van der Waals surface area contributed by atoms with Crippen molar-refractivity contribution in [2.75, 3.05) is 24.6 Å². The van der Waals surface area contributed by atoms with E-state index in [9.17, 15) is 9.90 Å². The van der Waals surface area contributed by atoms with E-state index in [1.165, 1.54) is 0 Å². The van der Waals surface area contributed by atoms with Crippen LogP contribution in [0.15, 0.2) is 18.2 Å². The third-order valence-electron chi connectivity index (χ3n) is 3.67. The van der Waals surface area contributed by atoms with E-state index in [2.05, 4.69) is 0 Å². The molecule has 3 N–H and O–H groups in total. The summed E-state index contributed by atoms with van der Waals surface area (Å²) in [6, 6.07) is 5.54. The molecule has 0 fully saturated rings. The van der Waals surface area contributed by atoms with E-state index in [1.54, 1.807) is 4.90 Å². The topological polar surface area (TPSA) is 75.8 Å². The highest BCUT2D eigenvalue weighted by Gasteiger charge is 2.26. The summed E-state index contributed by atoms with van der Waals surface area (Å²) in [7, 11) is 0. The number of hydrogen-bond donors (Lipinski definition) is 2. The lowest BCUT2D eigenvalue weighted by Gasteiger charge is -2.31. The number of rotatable bonds is 5. The number of aliphatic hydroxyl groups excluding tert-OH is 1. The number of fused-ring (bicyclic) bond motifs is 1. The van der Waals surface area contributed by atoms with Crippen LogP contribution in [0.2, 0.25) is 0 Å². The molecule has 1 heterocycles. The van der Waals surface area contributed by atoms with Gasteiger partial charge in [-0.3, -0.25) is 4.79 Å². The van der Waals surface area contributed by atoms with Gasteiger partial charge in [-0.25, -0.2) is 0 Å². The van der Waals surface area contributed by atoms with E-state index >= 15 is 0 Å². The fraction of sp³-hybridized carbons (Fsp3) is 0.562. The summed E-state index contributed by atoms with van der Waals surface area (Å²) in [4.78, 5) is 14.1. The molecule has 1 aliphatic rings. The predicted octanol–water partition coefficient (Wildman–Crippen LogP) is 1.84. The fourth-order valence-corrected chi connectivity index (χ4v) is 2.46. The molecule has 0 aliphatic carbocycles. The molecule has 1 amide bonds. The third-order valence-corrected chi connectivity index (χ3v) is 3.67. The molecule has 0 radical (unpaired) electrons. The Morgan fingerprint density at radius 2 is 2.24 bits per heavy atom. The highest BCUT2D eigenvalue weighted by atomic mass is 16.5. The zero-order chi connectivity index (χ0) is 15.4. The van der Waals surface area contributed by atoms with Crippen LogP contribution in [-0.2, 0) is 4.79 Å². The van der Waals surface area contributed by atoms with Crippen molar-refractivity contribution in [1.29, 1.82) is 0 Å². The maximum atomic E-state index is 12.3. The number of benzene rings is 1. The molecule has 0 saturated carbocycles. The zero-order valence-electron chi connectivity index (χ0n) is 12.7. The van der Waals surface area contributed by atoms with Gasteiger partial charge >= 0.3 is 0 Å². The Morgan fingerprint density at radius 3 is 2.90 bits per heavy atom. The van der Waals surface area contributed by atoms with Crippen molar-refractivity contribution in [3.63, 3.8) is 0 Å². The van der Waals surface area contributed by atoms with Crippen molar-refractivity contribution >= 4 is 11.6 Å². The Labute approximate surface area is 125 Å². The first-order chi connectivity index (χ1) is 10.0. The molecule has 1 aromatic carbocycles. The Kier molecular flexibility index (Phi) is 5.20. The number of nitrogens with two attached hydrogens (primary N) is 1. The maximum absolute atomic E-state index is 12.3. The molecule has 0 aromatic heterocycles. The molecule has 0 bridgehead atoms. The minimum absolute atomic E-state index is 0.0678. The lowest BCUT2D eigenvalue weighted by atomic mass is 10.0. The molecule has 5 nitrogen and oxygen atoms in total. The first-order valence-corrected chi connectivity index (χ1v) is 7.51. The predicted molar refractivity (Wildman–Crippen MR) is 82.4 cm³/mol. The van der Waals surface area contributed by atoms with Crippen LogP contribution in [0.5, 0.6) is 5.75 Å². The number of nitrogens with zero attached hydrogens (tertiary/aromatic N) is 1. The number of amides is 1. The van der Waals surface area contributed by atoms with Gasteiger partial charge < -0.3 is 20.5 Å².